The van der Waals surface area contributed by atoms with Gasteiger partial charge in [0.25, 0.3) is 0 Å². The zero-order valence-corrected chi connectivity index (χ0v) is 8.52. The smallest absolute Gasteiger partial charge is 0.215 e. The van der Waals surface area contributed by atoms with E-state index in [-0.39, 0.29) is 15.7 Å². The molecule has 1 rings (SSSR count). The molecule has 0 N–H and O–H groups in total. The van der Waals surface area contributed by atoms with Gasteiger partial charge in [0.2, 0.25) is 5.75 Å². The van der Waals surface area contributed by atoms with E-state index in [0.717, 1.165) is 0 Å². The van der Waals surface area contributed by atoms with E-state index in [0.29, 0.717) is 0 Å². The highest BCUT2D eigenvalue weighted by molar-refractivity contribution is 7.91. The molecule has 0 aliphatic heterocycles. The number of sulfone groups is 1. The van der Waals surface area contributed by atoms with Crippen LogP contribution in [0.3, 0.4) is 0 Å². The van der Waals surface area contributed by atoms with Gasteiger partial charge >= 0.3 is 0 Å². The number of hydrogen-bond acceptors (Lipinski definition) is 2. The first kappa shape index (κ1) is 10.3. The van der Waals surface area contributed by atoms with Crippen LogP contribution in [0.1, 0.15) is 6.92 Å². The fourth-order valence-electron chi connectivity index (χ4n) is 0.889. The van der Waals surface area contributed by atoms with Crippen molar-refractivity contribution < 1.29 is 13.5 Å². The molecule has 0 amide bonds. The molecule has 0 atom stereocenters. The second-order valence-corrected chi connectivity index (χ2v) is 5.12. The van der Waals surface area contributed by atoms with Gasteiger partial charge in [0.05, 0.1) is 10.8 Å². The maximum atomic E-state index is 11.3. The molecule has 13 heavy (non-hydrogen) atoms. The van der Waals surface area contributed by atoms with Gasteiger partial charge in [-0.05, 0) is 12.1 Å². The zero-order chi connectivity index (χ0) is 10.1. The lowest BCUT2D eigenvalue weighted by molar-refractivity contribution is 0.343. The van der Waals surface area contributed by atoms with Crippen LogP contribution in [0.25, 0.3) is 0 Å². The molecule has 0 unspecified atom stereocenters. The van der Waals surface area contributed by atoms with Crippen LogP contribution in [-0.2, 0) is 14.9 Å². The Morgan fingerprint density at radius 1 is 1.38 bits per heavy atom. The molecular weight excluding hydrogens is 212 g/mol. The highest BCUT2D eigenvalue weighted by Crippen LogP contribution is 2.31. The monoisotopic (exact) mass is 219 g/mol. The van der Waals surface area contributed by atoms with E-state index < -0.39 is 15.6 Å². The quantitative estimate of drug-likeness (QED) is 0.766. The van der Waals surface area contributed by atoms with E-state index in [2.05, 4.69) is 0 Å². The maximum Gasteiger partial charge on any atom is 0.215 e. The van der Waals surface area contributed by atoms with E-state index in [9.17, 15) is 13.5 Å². The second-order valence-electron chi connectivity index (χ2n) is 2.47. The van der Waals surface area contributed by atoms with Crippen molar-refractivity contribution in [3.63, 3.8) is 0 Å². The van der Waals surface area contributed by atoms with E-state index in [1.165, 1.54) is 25.1 Å². The first-order chi connectivity index (χ1) is 5.99. The molecule has 0 saturated heterocycles. The van der Waals surface area contributed by atoms with Crippen molar-refractivity contribution in [2.45, 2.75) is 11.8 Å². The minimum atomic E-state index is -3.45. The third-order valence-electron chi connectivity index (χ3n) is 1.65. The lowest BCUT2D eigenvalue weighted by atomic mass is 10.3. The van der Waals surface area contributed by atoms with Crippen LogP contribution in [0.2, 0.25) is 5.02 Å². The summed E-state index contributed by atoms with van der Waals surface area (Å²) in [6.45, 7) is 1.48. The predicted molar refractivity (Wildman–Crippen MR) is 49.3 cm³/mol. The van der Waals surface area contributed by atoms with Crippen LogP contribution in [0.5, 0.6) is 5.75 Å². The Hall–Kier alpha value is -0.740. The van der Waals surface area contributed by atoms with Crippen molar-refractivity contribution >= 4 is 21.4 Å². The molecule has 0 heterocycles. The molecule has 71 valence electrons. The van der Waals surface area contributed by atoms with E-state index in [4.69, 9.17) is 11.6 Å². The normalized spacial score (nSPS) is 11.5. The summed E-state index contributed by atoms with van der Waals surface area (Å²) in [6.07, 6.45) is 0. The summed E-state index contributed by atoms with van der Waals surface area (Å²) in [5.74, 6) is -0.714. The first-order valence-corrected chi connectivity index (χ1v) is 5.70. The summed E-state index contributed by atoms with van der Waals surface area (Å²) >= 11 is 5.50. The Kier molecular flexibility index (Phi) is 2.83. The molecule has 0 aliphatic rings. The number of rotatable bonds is 2. The van der Waals surface area contributed by atoms with Crippen LogP contribution in [0.4, 0.5) is 0 Å². The van der Waals surface area contributed by atoms with Gasteiger partial charge < -0.3 is 0 Å². The van der Waals surface area contributed by atoms with Crippen molar-refractivity contribution in [1.82, 2.24) is 0 Å². The summed E-state index contributed by atoms with van der Waals surface area (Å²) in [5.41, 5.74) is 0. The Morgan fingerprint density at radius 2 is 2.00 bits per heavy atom. The van der Waals surface area contributed by atoms with Gasteiger partial charge in [0, 0.05) is 0 Å². The Morgan fingerprint density at radius 3 is 2.54 bits per heavy atom. The van der Waals surface area contributed by atoms with Gasteiger partial charge in [-0.3, -0.25) is 5.11 Å². The topological polar surface area (TPSA) is 54.0 Å². The molecule has 1 aromatic carbocycles. The second kappa shape index (κ2) is 3.55. The van der Waals surface area contributed by atoms with E-state index >= 15 is 0 Å². The van der Waals surface area contributed by atoms with Crippen molar-refractivity contribution in [3.05, 3.63) is 23.2 Å². The average molecular weight is 220 g/mol. The summed E-state index contributed by atoms with van der Waals surface area (Å²) in [7, 11) is -3.45. The summed E-state index contributed by atoms with van der Waals surface area (Å²) in [4.78, 5) is -0.220. The Labute approximate surface area is 81.9 Å². The third-order valence-corrected chi connectivity index (χ3v) is 3.70. The molecule has 0 aromatic heterocycles. The van der Waals surface area contributed by atoms with Gasteiger partial charge in [0.15, 0.2) is 9.84 Å². The van der Waals surface area contributed by atoms with Crippen LogP contribution >= 0.6 is 11.6 Å². The third kappa shape index (κ3) is 1.95. The van der Waals surface area contributed by atoms with Crippen LogP contribution in [0.15, 0.2) is 23.1 Å². The summed E-state index contributed by atoms with van der Waals surface area (Å²) in [6, 6.07) is 4.10. The van der Waals surface area contributed by atoms with Gasteiger partial charge in [-0.1, -0.05) is 24.6 Å². The lowest BCUT2D eigenvalue weighted by Crippen LogP contribution is -2.03. The number of benzene rings is 1. The molecule has 3 nitrogen and oxygen atoms in total. The molecule has 0 saturated carbocycles. The predicted octanol–water partition coefficient (Wildman–Crippen LogP) is 2.28. The average Bonchev–Trinajstić information content (AvgIpc) is 2.09. The van der Waals surface area contributed by atoms with Crippen LogP contribution in [-0.4, -0.2) is 14.2 Å². The van der Waals surface area contributed by atoms with Gasteiger partial charge in [-0.25, -0.2) is 8.42 Å². The molecule has 1 aromatic rings. The number of para-hydroxylation sites is 1. The Balaban J connectivity index is 3.40. The maximum absolute atomic E-state index is 11.3. The fraction of sp³-hybridized carbons (Fsp3) is 0.250. The zero-order valence-electron chi connectivity index (χ0n) is 6.95. The molecular formula is C8H8ClO3S. The van der Waals surface area contributed by atoms with Crippen LogP contribution in [0, 0.1) is 0 Å². The molecule has 0 fully saturated rings. The van der Waals surface area contributed by atoms with Crippen molar-refractivity contribution in [2.24, 2.45) is 0 Å². The molecule has 0 bridgehead atoms. The molecule has 0 aliphatic carbocycles. The summed E-state index contributed by atoms with van der Waals surface area (Å²) in [5, 5.41) is 11.2. The standard InChI is InChI=1S/C8H8ClO3S/c1-2-13(11,12)7-5-3-4-6(9)8(7)10/h3-5H,2H2,1H3. The van der Waals surface area contributed by atoms with Gasteiger partial charge in [0.1, 0.15) is 4.90 Å². The van der Waals surface area contributed by atoms with Gasteiger partial charge in [-0.2, -0.15) is 0 Å². The van der Waals surface area contributed by atoms with Crippen molar-refractivity contribution in [1.29, 1.82) is 0 Å². The Bertz CT molecular complexity index is 411. The molecule has 1 radical (unpaired) electrons. The SMILES string of the molecule is CCS(=O)(=O)c1cccc(Cl)c1[O]. The molecule has 0 spiro atoms. The lowest BCUT2D eigenvalue weighted by Gasteiger charge is -2.02. The largest absolute Gasteiger partial charge is 0.287 e. The van der Waals surface area contributed by atoms with Crippen molar-refractivity contribution in [2.75, 3.05) is 5.75 Å². The summed E-state index contributed by atoms with van der Waals surface area (Å²) < 4.78 is 22.6. The minimum absolute atomic E-state index is 0.0606. The van der Waals surface area contributed by atoms with Crippen LogP contribution < -0.4 is 0 Å². The van der Waals surface area contributed by atoms with Crippen molar-refractivity contribution in [3.8, 4) is 5.75 Å². The van der Waals surface area contributed by atoms with Gasteiger partial charge in [-0.15, -0.1) is 0 Å². The highest BCUT2D eigenvalue weighted by atomic mass is 35.5. The number of halogens is 1. The minimum Gasteiger partial charge on any atom is -0.287 e. The van der Waals surface area contributed by atoms with E-state index in [1.807, 2.05) is 0 Å². The highest BCUT2D eigenvalue weighted by Gasteiger charge is 2.19. The molecule has 5 heteroatoms. The first-order valence-electron chi connectivity index (χ1n) is 3.67. The number of hydrogen-bond donors (Lipinski definition) is 0. The van der Waals surface area contributed by atoms with E-state index in [1.54, 1.807) is 0 Å². The fourth-order valence-corrected chi connectivity index (χ4v) is 2.11.